The minimum atomic E-state index is -0.450. The summed E-state index contributed by atoms with van der Waals surface area (Å²) in [4.78, 5) is 11.8. The van der Waals surface area contributed by atoms with Crippen LogP contribution in [0.5, 0.6) is 5.75 Å². The summed E-state index contributed by atoms with van der Waals surface area (Å²) in [6.45, 7) is 1.96. The van der Waals surface area contributed by atoms with Gasteiger partial charge >= 0.3 is 29.6 Å². The van der Waals surface area contributed by atoms with E-state index < -0.39 is 5.91 Å². The summed E-state index contributed by atoms with van der Waals surface area (Å²) >= 11 is 1.31. The van der Waals surface area contributed by atoms with Gasteiger partial charge in [-0.1, -0.05) is 48.3 Å². The summed E-state index contributed by atoms with van der Waals surface area (Å²) in [6, 6.07) is 6.08. The van der Waals surface area contributed by atoms with Crippen LogP contribution < -0.4 is 40.0 Å². The second-order valence-electron chi connectivity index (χ2n) is 3.30. The van der Waals surface area contributed by atoms with Crippen molar-refractivity contribution in [3.05, 3.63) is 34.8 Å². The second kappa shape index (κ2) is 6.84. The van der Waals surface area contributed by atoms with Crippen molar-refractivity contribution < 1.29 is 39.5 Å². The van der Waals surface area contributed by atoms with Gasteiger partial charge in [-0.3, -0.25) is 10.1 Å². The van der Waals surface area contributed by atoms with Crippen LogP contribution in [0.25, 0.3) is 0 Å². The molecule has 0 spiro atoms. The molecule has 18 heavy (non-hydrogen) atoms. The van der Waals surface area contributed by atoms with Gasteiger partial charge in [0.2, 0.25) is 5.13 Å². The Kier molecular flexibility index (Phi) is 5.74. The van der Waals surface area contributed by atoms with E-state index in [1.54, 1.807) is 12.1 Å². The van der Waals surface area contributed by atoms with Crippen molar-refractivity contribution in [2.24, 2.45) is 0 Å². The van der Waals surface area contributed by atoms with Crippen molar-refractivity contribution in [1.82, 2.24) is 10.2 Å². The van der Waals surface area contributed by atoms with E-state index in [1.165, 1.54) is 23.5 Å². The van der Waals surface area contributed by atoms with Gasteiger partial charge in [-0.05, 0) is 6.42 Å². The van der Waals surface area contributed by atoms with Gasteiger partial charge in [0.15, 0.2) is 0 Å². The summed E-state index contributed by atoms with van der Waals surface area (Å²) < 4.78 is 0. The van der Waals surface area contributed by atoms with Gasteiger partial charge in [0, 0.05) is 5.56 Å². The topological polar surface area (TPSA) is 77.9 Å². The number of nitrogens with zero attached hydrogens (tertiary/aromatic N) is 2. The Morgan fingerprint density at radius 3 is 2.72 bits per heavy atom. The number of hydrogen-bond acceptors (Lipinski definition) is 5. The van der Waals surface area contributed by atoms with Crippen molar-refractivity contribution in [3.63, 3.8) is 0 Å². The van der Waals surface area contributed by atoms with Crippen molar-refractivity contribution in [1.29, 1.82) is 0 Å². The molecule has 0 fully saturated rings. The quantitative estimate of drug-likeness (QED) is 0.684. The molecule has 0 saturated carbocycles. The molecule has 0 aliphatic carbocycles. The van der Waals surface area contributed by atoms with Gasteiger partial charge in [0.25, 0.3) is 5.91 Å². The summed E-state index contributed by atoms with van der Waals surface area (Å²) in [5.74, 6) is -0.750. The van der Waals surface area contributed by atoms with Crippen LogP contribution >= 0.6 is 11.3 Å². The van der Waals surface area contributed by atoms with Gasteiger partial charge < -0.3 is 5.11 Å². The molecule has 1 heterocycles. The number of rotatable bonds is 3. The third-order valence-electron chi connectivity index (χ3n) is 2.12. The normalized spacial score (nSPS) is 9.61. The molecule has 0 radical (unpaired) electrons. The molecule has 1 N–H and O–H groups in total. The number of carbonyl (C=O) groups is 1. The average Bonchev–Trinajstić information content (AvgIpc) is 2.77. The predicted octanol–water partition coefficient (Wildman–Crippen LogP) is -1.57. The monoisotopic (exact) mass is 271 g/mol. The van der Waals surface area contributed by atoms with Crippen LogP contribution in [-0.4, -0.2) is 16.1 Å². The molecule has 1 amide bonds. The molecule has 2 aromatic rings. The Bertz CT molecular complexity index is 545. The van der Waals surface area contributed by atoms with Gasteiger partial charge in [-0.15, -0.1) is 10.2 Å². The second-order valence-corrected chi connectivity index (χ2v) is 4.37. The number of para-hydroxylation sites is 1. The molecule has 1 aromatic heterocycles. The molecule has 1 aromatic carbocycles. The Balaban J connectivity index is 0.00000162. The first-order valence-corrected chi connectivity index (χ1v) is 5.92. The van der Waals surface area contributed by atoms with Crippen molar-refractivity contribution in [3.8, 4) is 5.75 Å². The molecular weight excluding hydrogens is 261 g/mol. The van der Waals surface area contributed by atoms with Crippen LogP contribution in [0, 0.1) is 0 Å². The smallest absolute Gasteiger partial charge is 0.872 e. The van der Waals surface area contributed by atoms with Gasteiger partial charge in [-0.2, -0.15) is 0 Å². The van der Waals surface area contributed by atoms with Crippen molar-refractivity contribution in [2.45, 2.75) is 13.3 Å². The number of nitrogens with one attached hydrogen (secondary N) is 1. The van der Waals surface area contributed by atoms with Gasteiger partial charge in [0.1, 0.15) is 5.01 Å². The maximum Gasteiger partial charge on any atom is 1.00 e. The van der Waals surface area contributed by atoms with Crippen LogP contribution in [0.3, 0.4) is 0 Å². The number of aryl methyl sites for hydroxylation is 1. The zero-order valence-corrected chi connectivity index (χ0v) is 13.0. The fraction of sp³-hybridized carbons (Fsp3) is 0.182. The number of amides is 1. The molecule has 0 bridgehead atoms. The Morgan fingerprint density at radius 1 is 1.39 bits per heavy atom. The first-order chi connectivity index (χ1) is 8.20. The molecule has 5 nitrogen and oxygen atoms in total. The van der Waals surface area contributed by atoms with E-state index in [9.17, 15) is 9.90 Å². The van der Waals surface area contributed by atoms with Crippen LogP contribution in [-0.2, 0) is 6.42 Å². The van der Waals surface area contributed by atoms with Gasteiger partial charge in [0.05, 0.1) is 0 Å². The summed E-state index contributed by atoms with van der Waals surface area (Å²) in [5, 5.41) is 22.9. The largest absolute Gasteiger partial charge is 1.00 e. The summed E-state index contributed by atoms with van der Waals surface area (Å²) in [6.07, 6.45) is 0.770. The number of benzene rings is 1. The molecule has 0 aliphatic rings. The number of aromatic nitrogens is 2. The molecule has 2 rings (SSSR count). The zero-order chi connectivity index (χ0) is 12.3. The summed E-state index contributed by atoms with van der Waals surface area (Å²) in [7, 11) is 0. The molecule has 0 atom stereocenters. The average molecular weight is 271 g/mol. The predicted molar refractivity (Wildman–Crippen MR) is 63.1 cm³/mol. The van der Waals surface area contributed by atoms with E-state index in [1.807, 2.05) is 6.92 Å². The van der Waals surface area contributed by atoms with E-state index in [0.29, 0.717) is 5.13 Å². The van der Waals surface area contributed by atoms with Crippen LogP contribution in [0.2, 0.25) is 0 Å². The Hall–Kier alpha value is -0.950. The first kappa shape index (κ1) is 15.1. The molecule has 7 heteroatoms. The molecule has 0 saturated heterocycles. The summed E-state index contributed by atoms with van der Waals surface area (Å²) in [5.41, 5.74) is 0.112. The fourth-order valence-electron chi connectivity index (χ4n) is 1.27. The van der Waals surface area contributed by atoms with E-state index in [-0.39, 0.29) is 40.9 Å². The standard InChI is InChI=1S/C11H11N3O2S.Na/c1-2-9-13-14-11(17-9)12-10(16)7-5-3-4-6-8(7)15;/h3-6,15H,2H2,1H3,(H,12,14,16);/q;+1/p-1. The maximum atomic E-state index is 11.8. The molecular formula is C11H10N3NaO2S. The fourth-order valence-corrected chi connectivity index (χ4v) is 1.94. The molecule has 0 aliphatic heterocycles. The third-order valence-corrected chi connectivity index (χ3v) is 3.10. The van der Waals surface area contributed by atoms with Crippen LogP contribution in [0.15, 0.2) is 24.3 Å². The number of carbonyl (C=O) groups excluding carboxylic acids is 1. The SMILES string of the molecule is CCc1nnc(NC(=O)c2ccccc2[O-])s1.[Na+]. The molecule has 88 valence electrons. The minimum Gasteiger partial charge on any atom is -0.872 e. The van der Waals surface area contributed by atoms with E-state index in [0.717, 1.165) is 11.4 Å². The minimum absolute atomic E-state index is 0. The Labute approximate surface area is 131 Å². The number of anilines is 1. The van der Waals surface area contributed by atoms with E-state index >= 15 is 0 Å². The van der Waals surface area contributed by atoms with E-state index in [4.69, 9.17) is 0 Å². The van der Waals surface area contributed by atoms with Crippen LogP contribution in [0.1, 0.15) is 22.3 Å². The van der Waals surface area contributed by atoms with Crippen molar-refractivity contribution in [2.75, 3.05) is 5.32 Å². The third kappa shape index (κ3) is 3.52. The van der Waals surface area contributed by atoms with Crippen molar-refractivity contribution >= 4 is 22.4 Å². The Morgan fingerprint density at radius 2 is 2.11 bits per heavy atom. The first-order valence-electron chi connectivity index (χ1n) is 5.10. The van der Waals surface area contributed by atoms with Gasteiger partial charge in [-0.25, -0.2) is 0 Å². The zero-order valence-electron chi connectivity index (χ0n) is 10.1. The van der Waals surface area contributed by atoms with E-state index in [2.05, 4.69) is 15.5 Å². The van der Waals surface area contributed by atoms with Crippen LogP contribution in [0.4, 0.5) is 5.13 Å². The maximum absolute atomic E-state index is 11.8. The molecule has 0 unspecified atom stereocenters. The number of hydrogen-bond donors (Lipinski definition) is 1.